The van der Waals surface area contributed by atoms with Crippen LogP contribution in [0.5, 0.6) is 0 Å². The van der Waals surface area contributed by atoms with Gasteiger partial charge in [0.05, 0.1) is 0 Å². The Morgan fingerprint density at radius 2 is 1.84 bits per heavy atom. The molecule has 25 heavy (non-hydrogen) atoms. The van der Waals surface area contributed by atoms with Crippen LogP contribution in [-0.2, 0) is 19.6 Å². The molecule has 1 N–H and O–H groups in total. The molecule has 1 aliphatic rings. The summed E-state index contributed by atoms with van der Waals surface area (Å²) in [4.78, 5) is 10.4. The molecule has 2 aromatic heterocycles. The molecule has 2 aromatic carbocycles. The summed E-state index contributed by atoms with van der Waals surface area (Å²) in [7, 11) is 0. The normalized spacial score (nSPS) is 14.1. The van der Waals surface area contributed by atoms with Gasteiger partial charge in [-0.15, -0.1) is 0 Å². The number of benzene rings is 2. The highest BCUT2D eigenvalue weighted by Crippen LogP contribution is 2.33. The van der Waals surface area contributed by atoms with Crippen LogP contribution in [0.2, 0.25) is 0 Å². The Kier molecular flexibility index (Phi) is 3.39. The molecule has 0 spiro atoms. The van der Waals surface area contributed by atoms with Crippen LogP contribution in [-0.4, -0.2) is 14.9 Å². The minimum atomic E-state index is 0.987. The molecule has 0 amide bonds. The van der Waals surface area contributed by atoms with E-state index in [1.165, 1.54) is 38.9 Å². The zero-order valence-corrected chi connectivity index (χ0v) is 13.9. The van der Waals surface area contributed by atoms with E-state index in [2.05, 4.69) is 69.5 Å². The van der Waals surface area contributed by atoms with Crippen LogP contribution in [0.4, 0.5) is 0 Å². The lowest BCUT2D eigenvalue weighted by molar-refractivity contribution is 0.274. The van der Waals surface area contributed by atoms with Crippen molar-refractivity contribution in [2.75, 3.05) is 0 Å². The SMILES string of the molecule is c1ccc(CN2Cc3[nH]c4ccc(-c5cccnc5)cc4c3C2)cc1. The second kappa shape index (κ2) is 5.87. The number of rotatable bonds is 3. The molecule has 0 atom stereocenters. The van der Waals surface area contributed by atoms with Gasteiger partial charge in [0, 0.05) is 54.2 Å². The number of fused-ring (bicyclic) bond motifs is 3. The molecule has 122 valence electrons. The Hall–Kier alpha value is -2.91. The van der Waals surface area contributed by atoms with Gasteiger partial charge in [-0.3, -0.25) is 9.88 Å². The van der Waals surface area contributed by atoms with Crippen molar-refractivity contribution in [2.24, 2.45) is 0 Å². The predicted octanol–water partition coefficient (Wildman–Crippen LogP) is 4.75. The van der Waals surface area contributed by atoms with Gasteiger partial charge < -0.3 is 4.98 Å². The molecule has 3 nitrogen and oxygen atoms in total. The number of hydrogen-bond donors (Lipinski definition) is 1. The monoisotopic (exact) mass is 325 g/mol. The van der Waals surface area contributed by atoms with Crippen molar-refractivity contribution in [1.29, 1.82) is 0 Å². The smallest absolute Gasteiger partial charge is 0.0460 e. The number of hydrogen-bond acceptors (Lipinski definition) is 2. The van der Waals surface area contributed by atoms with Gasteiger partial charge in [-0.05, 0) is 34.9 Å². The Balaban J connectivity index is 1.47. The molecule has 0 aliphatic carbocycles. The third-order valence-electron chi connectivity index (χ3n) is 5.00. The van der Waals surface area contributed by atoms with Gasteiger partial charge in [0.15, 0.2) is 0 Å². The highest BCUT2D eigenvalue weighted by atomic mass is 15.2. The van der Waals surface area contributed by atoms with E-state index in [0.717, 1.165) is 19.6 Å². The lowest BCUT2D eigenvalue weighted by Crippen LogP contribution is -2.16. The first kappa shape index (κ1) is 14.4. The summed E-state index contributed by atoms with van der Waals surface area (Å²) in [5.41, 5.74) is 7.79. The maximum atomic E-state index is 4.24. The first-order valence-electron chi connectivity index (χ1n) is 8.67. The second-order valence-corrected chi connectivity index (χ2v) is 6.71. The van der Waals surface area contributed by atoms with Gasteiger partial charge in [-0.2, -0.15) is 0 Å². The van der Waals surface area contributed by atoms with E-state index in [0.29, 0.717) is 0 Å². The lowest BCUT2D eigenvalue weighted by atomic mass is 10.0. The highest BCUT2D eigenvalue weighted by molar-refractivity contribution is 5.89. The van der Waals surface area contributed by atoms with Gasteiger partial charge in [0.1, 0.15) is 0 Å². The van der Waals surface area contributed by atoms with E-state index in [-0.39, 0.29) is 0 Å². The molecule has 3 heteroatoms. The third-order valence-corrected chi connectivity index (χ3v) is 5.00. The van der Waals surface area contributed by atoms with Crippen LogP contribution in [0.15, 0.2) is 73.1 Å². The van der Waals surface area contributed by atoms with Crippen LogP contribution in [0.25, 0.3) is 22.0 Å². The van der Waals surface area contributed by atoms with E-state index in [4.69, 9.17) is 0 Å². The zero-order valence-electron chi connectivity index (χ0n) is 13.9. The molecular formula is C22H19N3. The minimum Gasteiger partial charge on any atom is -0.357 e. The summed E-state index contributed by atoms with van der Waals surface area (Å²) in [6, 6.07) is 21.5. The molecule has 0 fully saturated rings. The van der Waals surface area contributed by atoms with Crippen LogP contribution in [0.3, 0.4) is 0 Å². The van der Waals surface area contributed by atoms with Crippen LogP contribution in [0, 0.1) is 0 Å². The van der Waals surface area contributed by atoms with Gasteiger partial charge >= 0.3 is 0 Å². The topological polar surface area (TPSA) is 31.9 Å². The minimum absolute atomic E-state index is 0.987. The number of pyridine rings is 1. The largest absolute Gasteiger partial charge is 0.357 e. The Morgan fingerprint density at radius 1 is 0.920 bits per heavy atom. The van der Waals surface area contributed by atoms with Crippen molar-refractivity contribution in [2.45, 2.75) is 19.6 Å². The number of nitrogens with zero attached hydrogens (tertiary/aromatic N) is 2. The fourth-order valence-electron chi connectivity index (χ4n) is 3.79. The molecule has 0 radical (unpaired) electrons. The maximum Gasteiger partial charge on any atom is 0.0460 e. The van der Waals surface area contributed by atoms with Gasteiger partial charge in [0.25, 0.3) is 0 Å². The molecule has 0 saturated heterocycles. The molecule has 0 unspecified atom stereocenters. The van der Waals surface area contributed by atoms with Crippen molar-refractivity contribution in [3.05, 3.63) is 89.9 Å². The Bertz CT molecular complexity index is 1020. The standard InChI is InChI=1S/C22H19N3/c1-2-5-16(6-3-1)13-25-14-20-19-11-17(18-7-4-10-23-12-18)8-9-21(19)24-22(20)15-25/h1-12,24H,13-15H2. The number of H-pyrrole nitrogens is 1. The predicted molar refractivity (Wildman–Crippen MR) is 101 cm³/mol. The van der Waals surface area contributed by atoms with Crippen LogP contribution >= 0.6 is 0 Å². The van der Waals surface area contributed by atoms with Gasteiger partial charge in [-0.1, -0.05) is 42.5 Å². The first-order valence-corrected chi connectivity index (χ1v) is 8.67. The summed E-state index contributed by atoms with van der Waals surface area (Å²) in [5, 5.41) is 1.34. The quantitative estimate of drug-likeness (QED) is 0.590. The summed E-state index contributed by atoms with van der Waals surface area (Å²) < 4.78 is 0. The van der Waals surface area contributed by atoms with Crippen molar-refractivity contribution in [3.8, 4) is 11.1 Å². The van der Waals surface area contributed by atoms with Crippen LogP contribution in [0.1, 0.15) is 16.8 Å². The Labute approximate surface area is 147 Å². The van der Waals surface area contributed by atoms with E-state index in [1.54, 1.807) is 0 Å². The molecular weight excluding hydrogens is 306 g/mol. The number of aromatic nitrogens is 2. The average Bonchev–Trinajstić information content (AvgIpc) is 3.20. The first-order chi connectivity index (χ1) is 12.4. The van der Waals surface area contributed by atoms with E-state index in [1.807, 2.05) is 18.5 Å². The zero-order chi connectivity index (χ0) is 16.6. The summed E-state index contributed by atoms with van der Waals surface area (Å²) in [6.45, 7) is 2.98. The number of nitrogens with one attached hydrogen (secondary N) is 1. The van der Waals surface area contributed by atoms with Gasteiger partial charge in [-0.25, -0.2) is 0 Å². The molecule has 0 bridgehead atoms. The van der Waals surface area contributed by atoms with Crippen molar-refractivity contribution >= 4 is 10.9 Å². The van der Waals surface area contributed by atoms with Crippen molar-refractivity contribution in [1.82, 2.24) is 14.9 Å². The molecule has 5 rings (SSSR count). The lowest BCUT2D eigenvalue weighted by Gasteiger charge is -2.15. The third kappa shape index (κ3) is 2.63. The average molecular weight is 325 g/mol. The number of aromatic amines is 1. The van der Waals surface area contributed by atoms with E-state index >= 15 is 0 Å². The van der Waals surface area contributed by atoms with Gasteiger partial charge in [0.2, 0.25) is 0 Å². The van der Waals surface area contributed by atoms with E-state index in [9.17, 15) is 0 Å². The molecule has 3 heterocycles. The summed E-state index contributed by atoms with van der Waals surface area (Å²) in [6.07, 6.45) is 3.74. The van der Waals surface area contributed by atoms with E-state index < -0.39 is 0 Å². The molecule has 4 aromatic rings. The Morgan fingerprint density at radius 3 is 2.68 bits per heavy atom. The molecule has 0 saturated carbocycles. The summed E-state index contributed by atoms with van der Waals surface area (Å²) in [5.74, 6) is 0. The molecule has 1 aliphatic heterocycles. The fraction of sp³-hybridized carbons (Fsp3) is 0.136. The maximum absolute atomic E-state index is 4.24. The summed E-state index contributed by atoms with van der Waals surface area (Å²) >= 11 is 0. The fourth-order valence-corrected chi connectivity index (χ4v) is 3.79. The van der Waals surface area contributed by atoms with Crippen molar-refractivity contribution < 1.29 is 0 Å². The van der Waals surface area contributed by atoms with Crippen LogP contribution < -0.4 is 0 Å². The van der Waals surface area contributed by atoms with Crippen molar-refractivity contribution in [3.63, 3.8) is 0 Å². The highest BCUT2D eigenvalue weighted by Gasteiger charge is 2.23. The second-order valence-electron chi connectivity index (χ2n) is 6.71.